The lowest BCUT2D eigenvalue weighted by atomic mass is 10.0. The molecule has 0 saturated carbocycles. The molecule has 0 aromatic heterocycles. The van der Waals surface area contributed by atoms with E-state index in [1.807, 2.05) is 24.3 Å². The molecule has 2 N–H and O–H groups in total. The topological polar surface area (TPSA) is 41.1 Å². The summed E-state index contributed by atoms with van der Waals surface area (Å²) >= 11 is 0. The van der Waals surface area contributed by atoms with Crippen LogP contribution in [0.15, 0.2) is 42.5 Å². The van der Waals surface area contributed by atoms with E-state index in [0.717, 1.165) is 30.8 Å². The Morgan fingerprint density at radius 3 is 2.57 bits per heavy atom. The lowest BCUT2D eigenvalue weighted by molar-refractivity contribution is -0.116. The number of anilines is 1. The van der Waals surface area contributed by atoms with Crippen LogP contribution < -0.4 is 10.6 Å². The third-order valence-corrected chi connectivity index (χ3v) is 3.98. The van der Waals surface area contributed by atoms with Crippen LogP contribution in [-0.2, 0) is 17.8 Å². The van der Waals surface area contributed by atoms with Gasteiger partial charge in [0, 0.05) is 18.7 Å². The minimum Gasteiger partial charge on any atom is -0.326 e. The van der Waals surface area contributed by atoms with Crippen LogP contribution in [0.5, 0.6) is 0 Å². The van der Waals surface area contributed by atoms with E-state index in [4.69, 9.17) is 0 Å². The van der Waals surface area contributed by atoms with E-state index in [0.29, 0.717) is 6.42 Å². The van der Waals surface area contributed by atoms with Crippen molar-refractivity contribution in [3.05, 3.63) is 64.7 Å². The quantitative estimate of drug-likeness (QED) is 0.812. The predicted octanol–water partition coefficient (Wildman–Crippen LogP) is 3.98. The second-order valence-corrected chi connectivity index (χ2v) is 5.92. The highest BCUT2D eigenvalue weighted by atomic mass is 16.1. The number of benzene rings is 2. The van der Waals surface area contributed by atoms with Crippen LogP contribution >= 0.6 is 0 Å². The Kier molecular flexibility index (Phi) is 6.36. The number of nitrogens with one attached hydrogen (secondary N) is 2. The summed E-state index contributed by atoms with van der Waals surface area (Å²) in [4.78, 5) is 12.3. The number of hydrogen-bond acceptors (Lipinski definition) is 2. The summed E-state index contributed by atoms with van der Waals surface area (Å²) in [6, 6.07) is 14.3. The fourth-order valence-electron chi connectivity index (χ4n) is 2.64. The van der Waals surface area contributed by atoms with Crippen LogP contribution in [-0.4, -0.2) is 12.5 Å². The number of aryl methyl sites for hydroxylation is 3. The van der Waals surface area contributed by atoms with Gasteiger partial charge in [0.25, 0.3) is 0 Å². The van der Waals surface area contributed by atoms with Crippen LogP contribution in [0.2, 0.25) is 0 Å². The molecule has 0 bridgehead atoms. The van der Waals surface area contributed by atoms with Gasteiger partial charge in [-0.3, -0.25) is 4.79 Å². The Morgan fingerprint density at radius 2 is 1.83 bits per heavy atom. The van der Waals surface area contributed by atoms with Gasteiger partial charge >= 0.3 is 0 Å². The standard InChI is InChI=1S/C20H26N2O/c1-4-21-14-18-7-5-6-8-19(18)22-20(23)12-11-17-10-9-15(2)13-16(17)3/h5-10,13,21H,4,11-12,14H2,1-3H3,(H,22,23). The van der Waals surface area contributed by atoms with E-state index in [9.17, 15) is 4.79 Å². The minimum absolute atomic E-state index is 0.0638. The van der Waals surface area contributed by atoms with Gasteiger partial charge in [-0.1, -0.05) is 48.9 Å². The van der Waals surface area contributed by atoms with E-state index < -0.39 is 0 Å². The van der Waals surface area contributed by atoms with Crippen LogP contribution in [0, 0.1) is 13.8 Å². The maximum Gasteiger partial charge on any atom is 0.224 e. The normalized spacial score (nSPS) is 10.6. The second-order valence-electron chi connectivity index (χ2n) is 5.92. The molecular weight excluding hydrogens is 284 g/mol. The molecule has 2 aromatic carbocycles. The Balaban J connectivity index is 1.94. The van der Waals surface area contributed by atoms with Crippen molar-refractivity contribution in [1.82, 2.24) is 5.32 Å². The Bertz CT molecular complexity index is 664. The molecule has 0 aliphatic carbocycles. The van der Waals surface area contributed by atoms with Gasteiger partial charge in [-0.2, -0.15) is 0 Å². The number of rotatable bonds is 7. The van der Waals surface area contributed by atoms with Gasteiger partial charge in [0.2, 0.25) is 5.91 Å². The summed E-state index contributed by atoms with van der Waals surface area (Å²) in [7, 11) is 0. The van der Waals surface area contributed by atoms with Crippen molar-refractivity contribution in [2.24, 2.45) is 0 Å². The van der Waals surface area contributed by atoms with Crippen molar-refractivity contribution in [2.45, 2.75) is 40.2 Å². The SMILES string of the molecule is CCNCc1ccccc1NC(=O)CCc1ccc(C)cc1C. The Hall–Kier alpha value is -2.13. The molecule has 122 valence electrons. The van der Waals surface area contributed by atoms with E-state index in [1.54, 1.807) is 0 Å². The summed E-state index contributed by atoms with van der Waals surface area (Å²) in [5.74, 6) is 0.0638. The highest BCUT2D eigenvalue weighted by molar-refractivity contribution is 5.91. The van der Waals surface area contributed by atoms with E-state index in [1.165, 1.54) is 16.7 Å². The van der Waals surface area contributed by atoms with Gasteiger partial charge in [-0.05, 0) is 49.6 Å². The van der Waals surface area contributed by atoms with Gasteiger partial charge in [0.1, 0.15) is 0 Å². The summed E-state index contributed by atoms with van der Waals surface area (Å²) in [5.41, 5.74) is 5.78. The van der Waals surface area contributed by atoms with Gasteiger partial charge in [-0.25, -0.2) is 0 Å². The molecule has 0 unspecified atom stereocenters. The summed E-state index contributed by atoms with van der Waals surface area (Å²) in [6.07, 6.45) is 1.27. The lowest BCUT2D eigenvalue weighted by Crippen LogP contribution is -2.17. The van der Waals surface area contributed by atoms with Gasteiger partial charge in [0.05, 0.1) is 0 Å². The summed E-state index contributed by atoms with van der Waals surface area (Å²) in [5, 5.41) is 6.34. The first-order valence-corrected chi connectivity index (χ1v) is 8.24. The van der Waals surface area contributed by atoms with E-state index in [2.05, 4.69) is 49.6 Å². The largest absolute Gasteiger partial charge is 0.326 e. The Morgan fingerprint density at radius 1 is 1.04 bits per heavy atom. The van der Waals surface area contributed by atoms with Crippen molar-refractivity contribution in [3.8, 4) is 0 Å². The summed E-state index contributed by atoms with van der Waals surface area (Å²) in [6.45, 7) is 7.95. The first kappa shape index (κ1) is 17.2. The molecule has 0 aliphatic heterocycles. The molecule has 23 heavy (non-hydrogen) atoms. The highest BCUT2D eigenvalue weighted by Gasteiger charge is 2.08. The zero-order valence-electron chi connectivity index (χ0n) is 14.3. The predicted molar refractivity (Wildman–Crippen MR) is 96.7 cm³/mol. The van der Waals surface area contributed by atoms with Crippen LogP contribution in [0.25, 0.3) is 0 Å². The molecule has 0 fully saturated rings. The van der Waals surface area contributed by atoms with Gasteiger partial charge < -0.3 is 10.6 Å². The maximum atomic E-state index is 12.3. The Labute approximate surface area is 139 Å². The van der Waals surface area contributed by atoms with Gasteiger partial charge in [-0.15, -0.1) is 0 Å². The average Bonchev–Trinajstić information content (AvgIpc) is 2.53. The molecule has 2 aromatic rings. The van der Waals surface area contributed by atoms with Crippen LogP contribution in [0.1, 0.15) is 35.6 Å². The van der Waals surface area contributed by atoms with Crippen molar-refractivity contribution < 1.29 is 4.79 Å². The smallest absolute Gasteiger partial charge is 0.224 e. The molecule has 2 rings (SSSR count). The molecule has 0 atom stereocenters. The number of carbonyl (C=O) groups excluding carboxylic acids is 1. The fourth-order valence-corrected chi connectivity index (χ4v) is 2.64. The number of hydrogen-bond donors (Lipinski definition) is 2. The highest BCUT2D eigenvalue weighted by Crippen LogP contribution is 2.16. The number of carbonyl (C=O) groups is 1. The molecule has 0 aliphatic rings. The third-order valence-electron chi connectivity index (χ3n) is 3.98. The summed E-state index contributed by atoms with van der Waals surface area (Å²) < 4.78 is 0. The zero-order chi connectivity index (χ0) is 16.7. The third kappa shape index (κ3) is 5.22. The molecule has 0 spiro atoms. The minimum atomic E-state index is 0.0638. The fraction of sp³-hybridized carbons (Fsp3) is 0.350. The van der Waals surface area contributed by atoms with Crippen molar-refractivity contribution >= 4 is 11.6 Å². The van der Waals surface area contributed by atoms with Crippen molar-refractivity contribution in [2.75, 3.05) is 11.9 Å². The van der Waals surface area contributed by atoms with Gasteiger partial charge in [0.15, 0.2) is 0 Å². The first-order valence-electron chi connectivity index (χ1n) is 8.24. The van der Waals surface area contributed by atoms with Crippen LogP contribution in [0.4, 0.5) is 5.69 Å². The second kappa shape index (κ2) is 8.49. The van der Waals surface area contributed by atoms with Crippen molar-refractivity contribution in [1.29, 1.82) is 0 Å². The zero-order valence-corrected chi connectivity index (χ0v) is 14.3. The molecule has 0 saturated heterocycles. The van der Waals surface area contributed by atoms with E-state index in [-0.39, 0.29) is 5.91 Å². The molecule has 0 radical (unpaired) electrons. The lowest BCUT2D eigenvalue weighted by Gasteiger charge is -2.12. The van der Waals surface area contributed by atoms with Crippen molar-refractivity contribution in [3.63, 3.8) is 0 Å². The molecule has 1 amide bonds. The molecular formula is C20H26N2O. The van der Waals surface area contributed by atoms with E-state index >= 15 is 0 Å². The van der Waals surface area contributed by atoms with Crippen LogP contribution in [0.3, 0.4) is 0 Å². The molecule has 3 heteroatoms. The number of para-hydroxylation sites is 1. The average molecular weight is 310 g/mol. The molecule has 0 heterocycles. The molecule has 3 nitrogen and oxygen atoms in total. The first-order chi connectivity index (χ1) is 11.1. The maximum absolute atomic E-state index is 12.3. The monoisotopic (exact) mass is 310 g/mol. The number of amides is 1.